The van der Waals surface area contributed by atoms with E-state index >= 15 is 0 Å². The minimum absolute atomic E-state index is 0.617. The molecule has 0 aromatic heterocycles. The zero-order valence-corrected chi connectivity index (χ0v) is 16.4. The first-order valence-electron chi connectivity index (χ1n) is 6.67. The van der Waals surface area contributed by atoms with E-state index in [1.54, 1.807) is 0 Å². The van der Waals surface area contributed by atoms with Crippen molar-refractivity contribution in [3.05, 3.63) is 0 Å². The number of hydrogen-bond donors (Lipinski definition) is 0. The van der Waals surface area contributed by atoms with E-state index in [0.29, 0.717) is 12.1 Å². The Bertz CT molecular complexity index is 210. The third-order valence-corrected chi connectivity index (χ3v) is 14.5. The number of rotatable bonds is 6. The molecule has 0 saturated heterocycles. The molecule has 0 aliphatic carbocycles. The van der Waals surface area contributed by atoms with Crippen LogP contribution in [0.2, 0.25) is 39.3 Å². The van der Waals surface area contributed by atoms with Gasteiger partial charge in [0, 0.05) is 12.1 Å². The van der Waals surface area contributed by atoms with Gasteiger partial charge < -0.3 is 4.00 Å². The minimum Gasteiger partial charge on any atom is -0.307 e. The smallest absolute Gasteiger partial charge is 0.117 e. The highest BCUT2D eigenvalue weighted by atomic mass is 31.1. The molecule has 0 bridgehead atoms. The molecule has 1 radical (unpaired) electrons. The van der Waals surface area contributed by atoms with Crippen LogP contribution in [-0.4, -0.2) is 37.2 Å². The van der Waals surface area contributed by atoms with Gasteiger partial charge in [0.25, 0.3) is 0 Å². The Morgan fingerprint density at radius 2 is 1.00 bits per heavy atom. The quantitative estimate of drug-likeness (QED) is 0.510. The van der Waals surface area contributed by atoms with Gasteiger partial charge in [-0.05, 0) is 27.7 Å². The van der Waals surface area contributed by atoms with E-state index in [-0.39, 0.29) is 0 Å². The summed E-state index contributed by atoms with van der Waals surface area (Å²) in [6, 6.07) is 1.23. The highest BCUT2D eigenvalue weighted by molar-refractivity contribution is 7.40. The summed E-state index contributed by atoms with van der Waals surface area (Å²) in [5.74, 6) is 0. The van der Waals surface area contributed by atoms with Crippen LogP contribution in [0.25, 0.3) is 0 Å². The van der Waals surface area contributed by atoms with Crippen LogP contribution >= 0.6 is 8.88 Å². The lowest BCUT2D eigenvalue weighted by Gasteiger charge is -2.46. The van der Waals surface area contributed by atoms with Crippen molar-refractivity contribution < 1.29 is 0 Å². The van der Waals surface area contributed by atoms with Crippen molar-refractivity contribution >= 4 is 25.4 Å². The van der Waals surface area contributed by atoms with E-state index < -0.39 is 16.5 Å². The summed E-state index contributed by atoms with van der Waals surface area (Å²) in [4.78, 5) is 0. The standard InChI is InChI=1S/C12H32N2PSi2/c1-11(2)13(12(3)4)15-14(16(5,6)7)17(8,9)10/h11-12H,1-10H3. The van der Waals surface area contributed by atoms with Gasteiger partial charge in [-0.25, -0.2) is 0 Å². The molecule has 0 heterocycles. The maximum Gasteiger partial charge on any atom is 0.117 e. The van der Waals surface area contributed by atoms with Gasteiger partial charge in [-0.15, -0.1) is 0 Å². The average molecular weight is 292 g/mol. The fraction of sp³-hybridized carbons (Fsp3) is 1.00. The van der Waals surface area contributed by atoms with Gasteiger partial charge in [0.1, 0.15) is 16.5 Å². The zero-order chi connectivity index (χ0) is 14.0. The summed E-state index contributed by atoms with van der Waals surface area (Å²) in [5.41, 5.74) is 0. The molecule has 103 valence electrons. The second-order valence-electron chi connectivity index (χ2n) is 7.31. The second-order valence-corrected chi connectivity index (χ2v) is 19.1. The lowest BCUT2D eigenvalue weighted by molar-refractivity contribution is 0.323. The summed E-state index contributed by atoms with van der Waals surface area (Å²) < 4.78 is 5.43. The van der Waals surface area contributed by atoms with E-state index in [4.69, 9.17) is 0 Å². The largest absolute Gasteiger partial charge is 0.307 e. The van der Waals surface area contributed by atoms with Gasteiger partial charge in [-0.3, -0.25) is 4.67 Å². The van der Waals surface area contributed by atoms with Crippen LogP contribution in [-0.2, 0) is 0 Å². The van der Waals surface area contributed by atoms with Crippen LogP contribution in [0.4, 0.5) is 0 Å². The van der Waals surface area contributed by atoms with Crippen molar-refractivity contribution in [2.24, 2.45) is 0 Å². The lowest BCUT2D eigenvalue weighted by atomic mass is 10.3. The first-order valence-corrected chi connectivity index (χ1v) is 14.4. The SMILES string of the molecule is CC(C)N([P]N([Si](C)(C)C)[Si](C)(C)C)C(C)C. The van der Waals surface area contributed by atoms with Crippen LogP contribution in [0.3, 0.4) is 0 Å². The summed E-state index contributed by atoms with van der Waals surface area (Å²) in [6.45, 7) is 24.0. The summed E-state index contributed by atoms with van der Waals surface area (Å²) in [5, 5.41) is 0. The minimum atomic E-state index is -1.24. The molecule has 0 fully saturated rings. The molecular formula is C12H32N2PSi2. The second kappa shape index (κ2) is 6.29. The highest BCUT2D eigenvalue weighted by Crippen LogP contribution is 2.37. The van der Waals surface area contributed by atoms with E-state index in [0.717, 1.165) is 0 Å². The molecule has 0 N–H and O–H groups in total. The van der Waals surface area contributed by atoms with Crippen molar-refractivity contribution in [2.75, 3.05) is 0 Å². The first kappa shape index (κ1) is 17.8. The highest BCUT2D eigenvalue weighted by Gasteiger charge is 2.37. The Kier molecular flexibility index (Phi) is 6.58. The Labute approximate surface area is 113 Å². The lowest BCUT2D eigenvalue weighted by Crippen LogP contribution is -2.56. The van der Waals surface area contributed by atoms with Crippen molar-refractivity contribution in [1.29, 1.82) is 0 Å². The van der Waals surface area contributed by atoms with Crippen LogP contribution in [0.1, 0.15) is 27.7 Å². The third kappa shape index (κ3) is 5.97. The van der Waals surface area contributed by atoms with Gasteiger partial charge >= 0.3 is 0 Å². The molecule has 0 saturated carbocycles. The van der Waals surface area contributed by atoms with E-state index in [9.17, 15) is 0 Å². The maximum absolute atomic E-state index is 2.83. The van der Waals surface area contributed by atoms with Gasteiger partial charge in [-0.1, -0.05) is 39.3 Å². The molecule has 17 heavy (non-hydrogen) atoms. The molecule has 0 atom stereocenters. The Morgan fingerprint density at radius 1 is 0.706 bits per heavy atom. The van der Waals surface area contributed by atoms with E-state index in [2.05, 4.69) is 75.6 Å². The van der Waals surface area contributed by atoms with Gasteiger partial charge in [-0.2, -0.15) is 0 Å². The van der Waals surface area contributed by atoms with Gasteiger partial charge in [0.15, 0.2) is 0 Å². The maximum atomic E-state index is 2.83. The molecule has 0 aromatic rings. The van der Waals surface area contributed by atoms with Crippen molar-refractivity contribution in [2.45, 2.75) is 79.1 Å². The first-order chi connectivity index (χ1) is 7.37. The molecule has 0 unspecified atom stereocenters. The Morgan fingerprint density at radius 3 is 1.18 bits per heavy atom. The molecule has 0 rings (SSSR count). The predicted molar refractivity (Wildman–Crippen MR) is 87.6 cm³/mol. The van der Waals surface area contributed by atoms with Crippen molar-refractivity contribution in [3.63, 3.8) is 0 Å². The molecule has 0 aliphatic heterocycles. The zero-order valence-electron chi connectivity index (χ0n) is 13.5. The summed E-state index contributed by atoms with van der Waals surface area (Å²) in [6.07, 6.45) is 0. The fourth-order valence-corrected chi connectivity index (χ4v) is 13.6. The molecule has 2 nitrogen and oxygen atoms in total. The van der Waals surface area contributed by atoms with Crippen LogP contribution in [0.15, 0.2) is 0 Å². The number of nitrogens with zero attached hydrogens (tertiary/aromatic N) is 2. The normalized spacial score (nSPS) is 15.2. The van der Waals surface area contributed by atoms with Crippen molar-refractivity contribution in [3.8, 4) is 0 Å². The monoisotopic (exact) mass is 291 g/mol. The topological polar surface area (TPSA) is 6.48 Å². The van der Waals surface area contributed by atoms with Crippen LogP contribution in [0.5, 0.6) is 0 Å². The molecule has 0 aliphatic rings. The summed E-state index contributed by atoms with van der Waals surface area (Å²) in [7, 11) is -1.03. The molecule has 0 amide bonds. The molecular weight excluding hydrogens is 259 g/mol. The Hall–Kier alpha value is 0.784. The molecule has 5 heteroatoms. The van der Waals surface area contributed by atoms with E-state index in [1.165, 1.54) is 8.88 Å². The van der Waals surface area contributed by atoms with E-state index in [1.807, 2.05) is 0 Å². The predicted octanol–water partition coefficient (Wildman–Crippen LogP) is 4.85. The molecule has 0 aromatic carbocycles. The fourth-order valence-electron chi connectivity index (χ4n) is 2.18. The number of hydrogen-bond acceptors (Lipinski definition) is 2. The van der Waals surface area contributed by atoms with Gasteiger partial charge in [0.2, 0.25) is 0 Å². The summed E-state index contributed by atoms with van der Waals surface area (Å²) >= 11 is 0. The van der Waals surface area contributed by atoms with Crippen LogP contribution < -0.4 is 0 Å². The third-order valence-electron chi connectivity index (χ3n) is 2.52. The average Bonchev–Trinajstić information content (AvgIpc) is 1.96. The Balaban J connectivity index is 4.99. The van der Waals surface area contributed by atoms with Crippen LogP contribution in [0, 0.1) is 0 Å². The van der Waals surface area contributed by atoms with Gasteiger partial charge in [0.05, 0.1) is 8.88 Å². The molecule has 0 spiro atoms. The van der Waals surface area contributed by atoms with Crippen molar-refractivity contribution in [1.82, 2.24) is 8.67 Å².